The molecule has 0 saturated carbocycles. The fourth-order valence-electron chi connectivity index (χ4n) is 6.61. The molecule has 0 bridgehead atoms. The van der Waals surface area contributed by atoms with E-state index in [4.69, 9.17) is 14.2 Å². The van der Waals surface area contributed by atoms with Gasteiger partial charge in [-0.3, -0.25) is 14.4 Å². The maximum absolute atomic E-state index is 12.8. The van der Waals surface area contributed by atoms with Gasteiger partial charge in [-0.15, -0.1) is 0 Å². The lowest BCUT2D eigenvalue weighted by Gasteiger charge is -2.18. The highest BCUT2D eigenvalue weighted by Gasteiger charge is 2.19. The van der Waals surface area contributed by atoms with Crippen LogP contribution in [0.2, 0.25) is 0 Å². The van der Waals surface area contributed by atoms with Crippen molar-refractivity contribution in [2.24, 2.45) is 0 Å². The third-order valence-electron chi connectivity index (χ3n) is 10.5. The van der Waals surface area contributed by atoms with E-state index in [1.165, 1.54) is 57.8 Å². The zero-order valence-corrected chi connectivity index (χ0v) is 42.1. The Morgan fingerprint density at radius 2 is 0.712 bits per heavy atom. The van der Waals surface area contributed by atoms with Crippen molar-refractivity contribution < 1.29 is 28.6 Å². The highest BCUT2D eigenvalue weighted by atomic mass is 16.6. The molecule has 370 valence electrons. The van der Waals surface area contributed by atoms with Gasteiger partial charge in [0.05, 0.1) is 0 Å². The Labute approximate surface area is 405 Å². The first-order valence-corrected chi connectivity index (χ1v) is 26.3. The number of rotatable bonds is 45. The van der Waals surface area contributed by atoms with E-state index in [2.05, 4.69) is 106 Å². The summed E-state index contributed by atoms with van der Waals surface area (Å²) >= 11 is 0. The number of carbonyl (C=O) groups is 3. The van der Waals surface area contributed by atoms with Crippen LogP contribution in [0, 0.1) is 0 Å². The number of hydrogen-bond acceptors (Lipinski definition) is 6. The van der Waals surface area contributed by atoms with Gasteiger partial charge in [0.25, 0.3) is 0 Å². The monoisotopic (exact) mass is 911 g/mol. The van der Waals surface area contributed by atoms with Crippen LogP contribution in [0.1, 0.15) is 207 Å². The van der Waals surface area contributed by atoms with E-state index in [1.54, 1.807) is 0 Å². The van der Waals surface area contributed by atoms with Gasteiger partial charge in [-0.2, -0.15) is 0 Å². The second kappa shape index (κ2) is 53.2. The predicted octanol–water partition coefficient (Wildman–Crippen LogP) is 17.5. The molecule has 0 aliphatic carbocycles. The van der Waals surface area contributed by atoms with Crippen LogP contribution in [0.15, 0.2) is 134 Å². The number of esters is 3. The van der Waals surface area contributed by atoms with Gasteiger partial charge in [-0.05, 0) is 77.0 Å². The lowest BCUT2D eigenvalue weighted by Crippen LogP contribution is -2.30. The van der Waals surface area contributed by atoms with E-state index < -0.39 is 6.10 Å². The minimum atomic E-state index is -0.825. The van der Waals surface area contributed by atoms with E-state index in [0.717, 1.165) is 103 Å². The third-order valence-corrected chi connectivity index (χ3v) is 10.5. The van der Waals surface area contributed by atoms with E-state index in [9.17, 15) is 14.4 Å². The normalized spacial score (nSPS) is 13.2. The SMILES string of the molecule is CC/C=C\C/C=C\C/C=C\C/C=C\C/C=C\C/C=C\CCC(=O)OCC(COC(=O)CCCCCCCCCCCCC)OC(=O)CCCCCCC\C=C/C=C\C=C/C=C\C=C/CCC. The second-order valence-electron chi connectivity index (χ2n) is 16.8. The van der Waals surface area contributed by atoms with Crippen molar-refractivity contribution in [3.05, 3.63) is 134 Å². The van der Waals surface area contributed by atoms with Crippen LogP contribution in [-0.2, 0) is 28.6 Å². The van der Waals surface area contributed by atoms with Crippen molar-refractivity contribution in [1.29, 1.82) is 0 Å². The molecule has 0 rings (SSSR count). The number of unbranched alkanes of at least 4 members (excludes halogenated alkanes) is 16. The Balaban J connectivity index is 4.57. The number of carbonyl (C=O) groups excluding carboxylic acids is 3. The summed E-state index contributed by atoms with van der Waals surface area (Å²) in [4.78, 5) is 38.0. The van der Waals surface area contributed by atoms with E-state index in [-0.39, 0.29) is 44.0 Å². The predicted molar refractivity (Wildman–Crippen MR) is 283 cm³/mol. The largest absolute Gasteiger partial charge is 0.462 e. The molecule has 0 aromatic rings. The molecule has 0 aliphatic heterocycles. The summed E-state index contributed by atoms with van der Waals surface area (Å²) in [5, 5.41) is 0. The van der Waals surface area contributed by atoms with Crippen molar-refractivity contribution in [1.82, 2.24) is 0 Å². The molecule has 66 heavy (non-hydrogen) atoms. The average Bonchev–Trinajstić information content (AvgIpc) is 3.31. The smallest absolute Gasteiger partial charge is 0.306 e. The summed E-state index contributed by atoms with van der Waals surface area (Å²) in [6, 6.07) is 0. The summed E-state index contributed by atoms with van der Waals surface area (Å²) in [7, 11) is 0. The van der Waals surface area contributed by atoms with Gasteiger partial charge in [-0.25, -0.2) is 0 Å². The van der Waals surface area contributed by atoms with Crippen molar-refractivity contribution in [2.45, 2.75) is 213 Å². The van der Waals surface area contributed by atoms with Crippen LogP contribution in [0.5, 0.6) is 0 Å². The Kier molecular flexibility index (Phi) is 49.6. The molecule has 1 atom stereocenters. The van der Waals surface area contributed by atoms with Crippen LogP contribution in [0.25, 0.3) is 0 Å². The molecule has 0 aromatic carbocycles. The maximum Gasteiger partial charge on any atom is 0.306 e. The molecule has 6 heteroatoms. The Hall–Kier alpha value is -4.45. The quantitative estimate of drug-likeness (QED) is 0.0199. The molecule has 0 amide bonds. The zero-order valence-electron chi connectivity index (χ0n) is 42.1. The third kappa shape index (κ3) is 50.5. The Bertz CT molecular complexity index is 1460. The number of hydrogen-bond donors (Lipinski definition) is 0. The molecular formula is C60H94O6. The van der Waals surface area contributed by atoms with Gasteiger partial charge in [0.2, 0.25) is 0 Å². The Morgan fingerprint density at radius 3 is 1.18 bits per heavy atom. The molecule has 0 spiro atoms. The molecule has 0 fully saturated rings. The van der Waals surface area contributed by atoms with E-state index in [1.807, 2.05) is 48.6 Å². The standard InChI is InChI=1S/C60H94O6/c1-4-7-10-13-16-19-22-24-26-28-30-32-33-35-38-41-44-47-50-53-59(62)65-56-57(55-64-58(61)52-49-46-43-40-37-21-18-15-12-9-6-3)66-60(63)54-51-48-45-42-39-36-34-31-29-27-25-23-20-17-14-11-8-5-2/h7,10-11,14,16-17,19-20,23-27,29-32,34-35,38,44,47,57H,4-6,8-9,12-13,15,18,21-22,28,33,36-37,39-43,45-46,48-56H2,1-3H3/b10-7-,14-11-,19-16-,20-17-,25-23-,26-24-,29-27-,32-30-,34-31-,38-35-,47-44-. The topological polar surface area (TPSA) is 78.9 Å². The first kappa shape index (κ1) is 61.5. The molecule has 0 saturated heterocycles. The Morgan fingerprint density at radius 1 is 0.333 bits per heavy atom. The van der Waals surface area contributed by atoms with Crippen molar-refractivity contribution in [3.63, 3.8) is 0 Å². The minimum Gasteiger partial charge on any atom is -0.462 e. The van der Waals surface area contributed by atoms with Crippen molar-refractivity contribution in [3.8, 4) is 0 Å². The van der Waals surface area contributed by atoms with Gasteiger partial charge in [0, 0.05) is 19.3 Å². The highest BCUT2D eigenvalue weighted by molar-refractivity contribution is 5.71. The molecule has 6 nitrogen and oxygen atoms in total. The molecule has 0 radical (unpaired) electrons. The van der Waals surface area contributed by atoms with Gasteiger partial charge in [0.1, 0.15) is 13.2 Å². The maximum atomic E-state index is 12.8. The van der Waals surface area contributed by atoms with Crippen LogP contribution in [0.4, 0.5) is 0 Å². The summed E-state index contributed by atoms with van der Waals surface area (Å²) < 4.78 is 16.7. The summed E-state index contributed by atoms with van der Waals surface area (Å²) in [5.74, 6) is -1.04. The van der Waals surface area contributed by atoms with Crippen LogP contribution in [-0.4, -0.2) is 37.2 Å². The first-order valence-electron chi connectivity index (χ1n) is 26.3. The van der Waals surface area contributed by atoms with Gasteiger partial charge in [-0.1, -0.05) is 244 Å². The number of allylic oxidation sites excluding steroid dienone is 22. The van der Waals surface area contributed by atoms with Crippen molar-refractivity contribution >= 4 is 17.9 Å². The molecule has 0 aliphatic rings. The van der Waals surface area contributed by atoms with Gasteiger partial charge >= 0.3 is 17.9 Å². The summed E-state index contributed by atoms with van der Waals surface area (Å²) in [6.45, 7) is 6.32. The van der Waals surface area contributed by atoms with Crippen LogP contribution in [0.3, 0.4) is 0 Å². The summed E-state index contributed by atoms with van der Waals surface area (Å²) in [6.07, 6.45) is 74.4. The van der Waals surface area contributed by atoms with Crippen LogP contribution >= 0.6 is 0 Å². The van der Waals surface area contributed by atoms with Crippen molar-refractivity contribution in [2.75, 3.05) is 13.2 Å². The van der Waals surface area contributed by atoms with E-state index in [0.29, 0.717) is 12.8 Å². The first-order chi connectivity index (χ1) is 32.5. The molecule has 0 heterocycles. The average molecular weight is 911 g/mol. The second-order valence-corrected chi connectivity index (χ2v) is 16.8. The summed E-state index contributed by atoms with van der Waals surface area (Å²) in [5.41, 5.74) is 0. The molecule has 0 aromatic heterocycles. The minimum absolute atomic E-state index is 0.115. The van der Waals surface area contributed by atoms with Crippen LogP contribution < -0.4 is 0 Å². The number of ether oxygens (including phenoxy) is 3. The molecule has 1 unspecified atom stereocenters. The molecule has 0 N–H and O–H groups in total. The highest BCUT2D eigenvalue weighted by Crippen LogP contribution is 2.13. The molecular weight excluding hydrogens is 817 g/mol. The zero-order chi connectivity index (χ0) is 47.9. The lowest BCUT2D eigenvalue weighted by atomic mass is 10.1. The van der Waals surface area contributed by atoms with Gasteiger partial charge in [0.15, 0.2) is 6.10 Å². The fraction of sp³-hybridized carbons (Fsp3) is 0.583. The fourth-order valence-corrected chi connectivity index (χ4v) is 6.61. The van der Waals surface area contributed by atoms with Gasteiger partial charge < -0.3 is 14.2 Å². The van der Waals surface area contributed by atoms with E-state index >= 15 is 0 Å². The lowest BCUT2D eigenvalue weighted by molar-refractivity contribution is -0.166.